The van der Waals surface area contributed by atoms with Gasteiger partial charge in [0.15, 0.2) is 6.10 Å². The lowest BCUT2D eigenvalue weighted by atomic mass is 10.0. The highest BCUT2D eigenvalue weighted by atomic mass is 16.6. The average molecular weight is 1280 g/mol. The number of unbranched alkanes of at least 4 members (excludes halogenated alkanes) is 43. The number of aliphatic hydroxyl groups excluding tert-OH is 1. The van der Waals surface area contributed by atoms with Gasteiger partial charge in [-0.15, -0.1) is 0 Å². The first kappa shape index (κ1) is 88.0. The van der Waals surface area contributed by atoms with Crippen LogP contribution in [0.2, 0.25) is 0 Å². The smallest absolute Gasteiger partial charge is 0.306 e. The van der Waals surface area contributed by atoms with Crippen molar-refractivity contribution in [3.05, 3.63) is 134 Å². The van der Waals surface area contributed by atoms with E-state index in [1.54, 1.807) is 0 Å². The van der Waals surface area contributed by atoms with Crippen molar-refractivity contribution < 1.29 is 24.2 Å². The first-order valence-corrected chi connectivity index (χ1v) is 39.7. The zero-order valence-corrected chi connectivity index (χ0v) is 60.8. The Bertz CT molecular complexity index is 1840. The first-order chi connectivity index (χ1) is 45.6. The summed E-state index contributed by atoms with van der Waals surface area (Å²) in [6, 6.07) is 0. The van der Waals surface area contributed by atoms with Gasteiger partial charge in [0.05, 0.1) is 6.61 Å². The van der Waals surface area contributed by atoms with Gasteiger partial charge >= 0.3 is 11.9 Å². The molecule has 0 aliphatic heterocycles. The molecule has 1 unspecified atom stereocenters. The van der Waals surface area contributed by atoms with Gasteiger partial charge in [0.2, 0.25) is 0 Å². The van der Waals surface area contributed by atoms with Gasteiger partial charge in [-0.3, -0.25) is 9.59 Å². The Morgan fingerprint density at radius 3 is 0.717 bits per heavy atom. The van der Waals surface area contributed by atoms with Crippen molar-refractivity contribution in [2.75, 3.05) is 13.2 Å². The molecule has 5 heteroatoms. The van der Waals surface area contributed by atoms with Crippen LogP contribution in [0.3, 0.4) is 0 Å². The Kier molecular flexibility index (Phi) is 77.8. The monoisotopic (exact) mass is 1280 g/mol. The predicted octanol–water partition coefficient (Wildman–Crippen LogP) is 28.2. The topological polar surface area (TPSA) is 72.8 Å². The minimum absolute atomic E-state index is 0.0755. The molecule has 0 saturated heterocycles. The number of allylic oxidation sites excluding steroid dienone is 22. The molecule has 0 spiro atoms. The number of aliphatic hydroxyl groups is 1. The first-order valence-electron chi connectivity index (χ1n) is 39.7. The van der Waals surface area contributed by atoms with Crippen LogP contribution in [0.1, 0.15) is 386 Å². The number of carbonyl (C=O) groups is 2. The molecule has 1 N–H and O–H groups in total. The lowest BCUT2D eigenvalue weighted by Crippen LogP contribution is -2.28. The second kappa shape index (κ2) is 81.3. The molecule has 0 aromatic heterocycles. The molecule has 0 aliphatic rings. The molecule has 528 valence electrons. The van der Waals surface area contributed by atoms with Crippen molar-refractivity contribution in [1.82, 2.24) is 0 Å². The molecule has 1 atom stereocenters. The fourth-order valence-corrected chi connectivity index (χ4v) is 11.5. The number of carbonyl (C=O) groups excluding carboxylic acids is 2. The van der Waals surface area contributed by atoms with Crippen molar-refractivity contribution in [3.63, 3.8) is 0 Å². The summed E-state index contributed by atoms with van der Waals surface area (Å²) in [6.45, 7) is 4.05. The van der Waals surface area contributed by atoms with E-state index in [9.17, 15) is 14.7 Å². The largest absolute Gasteiger partial charge is 0.462 e. The van der Waals surface area contributed by atoms with Gasteiger partial charge < -0.3 is 14.6 Å². The third kappa shape index (κ3) is 78.5. The molecule has 0 amide bonds. The molecule has 0 bridgehead atoms. The minimum atomic E-state index is -0.790. The van der Waals surface area contributed by atoms with Crippen molar-refractivity contribution in [2.45, 2.75) is 392 Å². The second-order valence-corrected chi connectivity index (χ2v) is 26.4. The predicted molar refractivity (Wildman–Crippen MR) is 408 cm³/mol. The van der Waals surface area contributed by atoms with E-state index >= 15 is 0 Å². The van der Waals surface area contributed by atoms with Crippen LogP contribution in [0.4, 0.5) is 0 Å². The minimum Gasteiger partial charge on any atom is -0.462 e. The molecule has 0 rings (SSSR count). The van der Waals surface area contributed by atoms with E-state index in [2.05, 4.69) is 148 Å². The number of ether oxygens (including phenoxy) is 2. The lowest BCUT2D eigenvalue weighted by Gasteiger charge is -2.15. The van der Waals surface area contributed by atoms with Gasteiger partial charge in [-0.1, -0.05) is 392 Å². The Morgan fingerprint density at radius 1 is 0.261 bits per heavy atom. The standard InChI is InChI=1S/C87H150O5/c1-3-5-7-9-11-13-15-17-19-21-23-25-27-29-31-33-35-37-39-41-42-43-44-46-47-49-51-53-55-57-59-61-63-65-67-69-71-73-75-77-79-81-86(89)91-84-85(83-88)92-87(90)82-80-78-76-74-72-70-68-66-64-62-60-58-56-54-52-50-48-45-40-38-36-34-32-30-28-26-24-22-20-18-16-14-12-10-8-6-4-2/h6,8,12,14,18,20-21,23-24,26,30,32,36,38,45,48,52,54,58,60,64,66,85,88H,3-5,7,9-11,13,15-17,19,22,25,27-29,31,33-35,37,39-44,46-47,49-51,53,55-57,59,61-63,65,67-84H2,1-2H3/b8-6-,14-12-,20-18-,23-21-,26-24-,32-30-,38-36-,48-45-,54-52-,60-58-,66-64-. The highest BCUT2D eigenvalue weighted by Crippen LogP contribution is 2.19. The van der Waals surface area contributed by atoms with Crippen molar-refractivity contribution >= 4 is 11.9 Å². The van der Waals surface area contributed by atoms with Crippen LogP contribution in [-0.2, 0) is 19.1 Å². The van der Waals surface area contributed by atoms with Crippen LogP contribution in [0.25, 0.3) is 0 Å². The molecule has 0 aliphatic carbocycles. The fraction of sp³-hybridized carbons (Fsp3) is 0.724. The Balaban J connectivity index is 3.48. The van der Waals surface area contributed by atoms with Crippen molar-refractivity contribution in [1.29, 1.82) is 0 Å². The SMILES string of the molecule is CC/C=C\C/C=C\C/C=C\C/C=C\C/C=C\C/C=C\C/C=C\C/C=C\C/C=C\C/C=C\CCCCCCCCC(=O)OC(CO)COC(=O)CCCCCCCCCCCCCCCCCCCCCCCCCCCCCCC/C=C\CCCCCCCCCC. The molecular weight excluding hydrogens is 1120 g/mol. The molecule has 92 heavy (non-hydrogen) atoms. The molecule has 0 aromatic rings. The molecule has 0 saturated carbocycles. The zero-order chi connectivity index (χ0) is 66.1. The van der Waals surface area contributed by atoms with E-state index in [0.29, 0.717) is 12.8 Å². The lowest BCUT2D eigenvalue weighted by molar-refractivity contribution is -0.161. The van der Waals surface area contributed by atoms with E-state index < -0.39 is 6.10 Å². The highest BCUT2D eigenvalue weighted by Gasteiger charge is 2.16. The van der Waals surface area contributed by atoms with Gasteiger partial charge in [0, 0.05) is 12.8 Å². The quantitative estimate of drug-likeness (QED) is 0.0373. The molecule has 0 fully saturated rings. The zero-order valence-electron chi connectivity index (χ0n) is 60.8. The molecule has 0 radical (unpaired) electrons. The second-order valence-electron chi connectivity index (χ2n) is 26.4. The normalized spacial score (nSPS) is 12.9. The van der Waals surface area contributed by atoms with Crippen molar-refractivity contribution in [3.8, 4) is 0 Å². The summed E-state index contributed by atoms with van der Waals surface area (Å²) in [4.78, 5) is 24.7. The maximum atomic E-state index is 12.4. The van der Waals surface area contributed by atoms with Crippen LogP contribution < -0.4 is 0 Å². The summed E-state index contributed by atoms with van der Waals surface area (Å²) >= 11 is 0. The summed E-state index contributed by atoms with van der Waals surface area (Å²) in [7, 11) is 0. The Labute approximate surface area is 572 Å². The van der Waals surface area contributed by atoms with Gasteiger partial charge in [0.1, 0.15) is 6.61 Å². The number of esters is 2. The van der Waals surface area contributed by atoms with Gasteiger partial charge in [-0.2, -0.15) is 0 Å². The van der Waals surface area contributed by atoms with E-state index in [1.807, 2.05) is 0 Å². The number of hydrogen-bond acceptors (Lipinski definition) is 5. The molecule has 0 heterocycles. The average Bonchev–Trinajstić information content (AvgIpc) is 3.70. The summed E-state index contributed by atoms with van der Waals surface area (Å²) in [5.41, 5.74) is 0. The third-order valence-corrected chi connectivity index (χ3v) is 17.4. The maximum absolute atomic E-state index is 12.4. The van der Waals surface area contributed by atoms with Crippen LogP contribution >= 0.6 is 0 Å². The molecular formula is C87H150O5. The fourth-order valence-electron chi connectivity index (χ4n) is 11.5. The van der Waals surface area contributed by atoms with E-state index in [1.165, 1.54) is 250 Å². The van der Waals surface area contributed by atoms with Gasteiger partial charge in [-0.25, -0.2) is 0 Å². The van der Waals surface area contributed by atoms with Gasteiger partial charge in [-0.05, 0) is 116 Å². The molecule has 0 aromatic carbocycles. The Morgan fingerprint density at radius 2 is 0.467 bits per heavy atom. The van der Waals surface area contributed by atoms with E-state index in [-0.39, 0.29) is 25.2 Å². The Hall–Kier alpha value is -3.96. The van der Waals surface area contributed by atoms with Gasteiger partial charge in [0.25, 0.3) is 0 Å². The van der Waals surface area contributed by atoms with Crippen LogP contribution in [0, 0.1) is 0 Å². The number of hydrogen-bond donors (Lipinski definition) is 1. The van der Waals surface area contributed by atoms with E-state index in [4.69, 9.17) is 9.47 Å². The summed E-state index contributed by atoms with van der Waals surface area (Å²) in [5.74, 6) is -0.600. The third-order valence-electron chi connectivity index (χ3n) is 17.4. The molecule has 5 nitrogen and oxygen atoms in total. The summed E-state index contributed by atoms with van der Waals surface area (Å²) in [6.07, 6.45) is 121. The summed E-state index contributed by atoms with van der Waals surface area (Å²) in [5, 5.41) is 9.72. The maximum Gasteiger partial charge on any atom is 0.306 e. The van der Waals surface area contributed by atoms with Crippen molar-refractivity contribution in [2.24, 2.45) is 0 Å². The summed E-state index contributed by atoms with van der Waals surface area (Å²) < 4.78 is 10.8. The van der Waals surface area contributed by atoms with Crippen LogP contribution in [0.15, 0.2) is 134 Å². The van der Waals surface area contributed by atoms with Crippen LogP contribution in [-0.4, -0.2) is 36.4 Å². The number of rotatable bonds is 73. The highest BCUT2D eigenvalue weighted by molar-refractivity contribution is 5.70. The van der Waals surface area contributed by atoms with Crippen LogP contribution in [0.5, 0.6) is 0 Å². The van der Waals surface area contributed by atoms with E-state index in [0.717, 1.165) is 109 Å².